The summed E-state index contributed by atoms with van der Waals surface area (Å²) in [6.45, 7) is 8.04. The third-order valence-electron chi connectivity index (χ3n) is 7.37. The van der Waals surface area contributed by atoms with Crippen LogP contribution in [0.15, 0.2) is 48.5 Å². The molecular weight excluding hydrogens is 456 g/mol. The number of rotatable bonds is 5. The lowest BCUT2D eigenvalue weighted by atomic mass is 10.0. The van der Waals surface area contributed by atoms with Crippen LogP contribution in [0.5, 0.6) is 0 Å². The molecule has 0 atom stereocenters. The number of likely N-dealkylation sites (tertiary alicyclic amines) is 2. The van der Waals surface area contributed by atoms with Gasteiger partial charge in [0, 0.05) is 24.2 Å². The second kappa shape index (κ2) is 10.4. The van der Waals surface area contributed by atoms with E-state index in [1.54, 1.807) is 0 Å². The first-order valence-corrected chi connectivity index (χ1v) is 13.0. The number of aryl methyl sites for hydroxylation is 1. The van der Waals surface area contributed by atoms with Crippen molar-refractivity contribution >= 4 is 29.7 Å². The van der Waals surface area contributed by atoms with Crippen molar-refractivity contribution in [3.63, 3.8) is 0 Å². The molecule has 0 spiro atoms. The molecule has 0 radical (unpaired) electrons. The normalized spacial score (nSPS) is 17.5. The van der Waals surface area contributed by atoms with Crippen LogP contribution >= 0.6 is 11.6 Å². The molecule has 0 saturated carbocycles. The van der Waals surface area contributed by atoms with Crippen molar-refractivity contribution < 1.29 is 4.79 Å². The van der Waals surface area contributed by atoms with E-state index in [1.165, 1.54) is 25.9 Å². The summed E-state index contributed by atoms with van der Waals surface area (Å²) in [6.07, 6.45) is 8.91. The van der Waals surface area contributed by atoms with Gasteiger partial charge in [-0.25, -0.2) is 4.68 Å². The summed E-state index contributed by atoms with van der Waals surface area (Å²) in [7, 11) is 0. The maximum atomic E-state index is 13.5. The highest BCUT2D eigenvalue weighted by molar-refractivity contribution is 6.30. The molecule has 2 aromatic carbocycles. The van der Waals surface area contributed by atoms with Gasteiger partial charge in [-0.2, -0.15) is 5.10 Å². The van der Waals surface area contributed by atoms with Crippen molar-refractivity contribution in [1.82, 2.24) is 19.6 Å². The highest BCUT2D eigenvalue weighted by atomic mass is 35.5. The predicted octanol–water partition coefficient (Wildman–Crippen LogP) is 6.01. The van der Waals surface area contributed by atoms with Crippen LogP contribution in [0.1, 0.15) is 58.6 Å². The summed E-state index contributed by atoms with van der Waals surface area (Å²) in [5.74, 6) is 0.116. The monoisotopic (exact) mass is 488 g/mol. The molecule has 2 fully saturated rings. The Morgan fingerprint density at radius 1 is 0.943 bits per heavy atom. The summed E-state index contributed by atoms with van der Waals surface area (Å²) >= 11 is 5.99. The zero-order valence-electron chi connectivity index (χ0n) is 20.6. The standard InChI is InChI=1S/C29H33ClN4O/c1-21-28(29(35)33-18-14-26(15-19-33)32-16-3-4-17-32)22(2)34(31-21)27-7-5-6-24(20-27)9-8-23-10-12-25(30)13-11-23/h5-13,20,26H,3-4,14-19H2,1-2H3/b9-8+. The van der Waals surface area contributed by atoms with Crippen molar-refractivity contribution in [3.8, 4) is 5.69 Å². The lowest BCUT2D eigenvalue weighted by molar-refractivity contribution is 0.0643. The molecule has 1 amide bonds. The van der Waals surface area contributed by atoms with Gasteiger partial charge in [0.05, 0.1) is 22.6 Å². The molecule has 3 heterocycles. The van der Waals surface area contributed by atoms with E-state index >= 15 is 0 Å². The molecule has 6 heteroatoms. The molecule has 5 rings (SSSR count). The fraction of sp³-hybridized carbons (Fsp3) is 0.379. The first-order valence-electron chi connectivity index (χ1n) is 12.6. The Hall–Kier alpha value is -2.89. The van der Waals surface area contributed by atoms with Gasteiger partial charge in [-0.3, -0.25) is 4.79 Å². The Balaban J connectivity index is 1.32. The lowest BCUT2D eigenvalue weighted by Gasteiger charge is -2.36. The molecule has 2 aliphatic rings. The number of carbonyl (C=O) groups is 1. The van der Waals surface area contributed by atoms with Gasteiger partial charge < -0.3 is 9.80 Å². The zero-order chi connectivity index (χ0) is 24.4. The molecule has 5 nitrogen and oxygen atoms in total. The molecule has 0 aliphatic carbocycles. The second-order valence-corrected chi connectivity index (χ2v) is 10.1. The number of carbonyl (C=O) groups excluding carboxylic acids is 1. The van der Waals surface area contributed by atoms with Crippen molar-refractivity contribution in [1.29, 1.82) is 0 Å². The van der Waals surface area contributed by atoms with E-state index in [2.05, 4.69) is 29.2 Å². The Morgan fingerprint density at radius 3 is 2.34 bits per heavy atom. The fourth-order valence-electron chi connectivity index (χ4n) is 5.43. The van der Waals surface area contributed by atoms with Crippen LogP contribution in [-0.4, -0.2) is 57.7 Å². The fourth-order valence-corrected chi connectivity index (χ4v) is 5.56. The van der Waals surface area contributed by atoms with Crippen molar-refractivity contribution in [2.75, 3.05) is 26.2 Å². The topological polar surface area (TPSA) is 41.4 Å². The minimum Gasteiger partial charge on any atom is -0.338 e. The van der Waals surface area contributed by atoms with Crippen molar-refractivity contribution in [2.45, 2.75) is 45.6 Å². The van der Waals surface area contributed by atoms with Crippen LogP contribution in [-0.2, 0) is 0 Å². The Kier molecular flexibility index (Phi) is 7.07. The third-order valence-corrected chi connectivity index (χ3v) is 7.62. The van der Waals surface area contributed by atoms with Crippen LogP contribution < -0.4 is 0 Å². The molecule has 182 valence electrons. The largest absolute Gasteiger partial charge is 0.338 e. The summed E-state index contributed by atoms with van der Waals surface area (Å²) in [5.41, 5.74) is 5.54. The second-order valence-electron chi connectivity index (χ2n) is 9.70. The Bertz CT molecular complexity index is 1220. The molecule has 2 saturated heterocycles. The zero-order valence-corrected chi connectivity index (χ0v) is 21.3. The minimum atomic E-state index is 0.116. The molecular formula is C29H33ClN4O. The quantitative estimate of drug-likeness (QED) is 0.413. The van der Waals surface area contributed by atoms with E-state index in [0.29, 0.717) is 6.04 Å². The minimum absolute atomic E-state index is 0.116. The number of hydrogen-bond acceptors (Lipinski definition) is 3. The van der Waals surface area contributed by atoms with Crippen LogP contribution in [0.4, 0.5) is 0 Å². The SMILES string of the molecule is Cc1nn(-c2cccc(/C=C/c3ccc(Cl)cc3)c2)c(C)c1C(=O)N1CCC(N2CCCC2)CC1. The van der Waals surface area contributed by atoms with Crippen LogP contribution in [0.3, 0.4) is 0 Å². The number of hydrogen-bond donors (Lipinski definition) is 0. The highest BCUT2D eigenvalue weighted by Crippen LogP contribution is 2.25. The van der Waals surface area contributed by atoms with E-state index in [4.69, 9.17) is 16.7 Å². The first-order chi connectivity index (χ1) is 17.0. The van der Waals surface area contributed by atoms with E-state index in [1.807, 2.05) is 59.8 Å². The molecule has 0 bridgehead atoms. The Labute approximate surface area is 213 Å². The van der Waals surface area contributed by atoms with Gasteiger partial charge in [-0.15, -0.1) is 0 Å². The van der Waals surface area contributed by atoms with Gasteiger partial charge in [0.2, 0.25) is 0 Å². The summed E-state index contributed by atoms with van der Waals surface area (Å²) < 4.78 is 1.90. The summed E-state index contributed by atoms with van der Waals surface area (Å²) in [4.78, 5) is 18.1. The molecule has 3 aromatic rings. The molecule has 0 unspecified atom stereocenters. The van der Waals surface area contributed by atoms with E-state index < -0.39 is 0 Å². The van der Waals surface area contributed by atoms with E-state index in [-0.39, 0.29) is 5.91 Å². The number of amides is 1. The number of halogens is 1. The van der Waals surface area contributed by atoms with Crippen molar-refractivity contribution in [3.05, 3.63) is 81.6 Å². The van der Waals surface area contributed by atoms with Gasteiger partial charge in [0.15, 0.2) is 0 Å². The predicted molar refractivity (Wildman–Crippen MR) is 143 cm³/mol. The molecule has 1 aromatic heterocycles. The van der Waals surface area contributed by atoms with Crippen molar-refractivity contribution in [2.24, 2.45) is 0 Å². The summed E-state index contributed by atoms with van der Waals surface area (Å²) in [5, 5.41) is 5.50. The van der Waals surface area contributed by atoms with Gasteiger partial charge >= 0.3 is 0 Å². The summed E-state index contributed by atoms with van der Waals surface area (Å²) in [6, 6.07) is 16.6. The van der Waals surface area contributed by atoms with E-state index in [9.17, 15) is 4.79 Å². The highest BCUT2D eigenvalue weighted by Gasteiger charge is 2.31. The number of aromatic nitrogens is 2. The Morgan fingerprint density at radius 2 is 1.63 bits per heavy atom. The van der Waals surface area contributed by atoms with Gasteiger partial charge in [-0.1, -0.05) is 48.0 Å². The number of benzene rings is 2. The molecule has 0 N–H and O–H groups in total. The lowest BCUT2D eigenvalue weighted by Crippen LogP contribution is -2.46. The first kappa shape index (κ1) is 23.8. The van der Waals surface area contributed by atoms with Crippen LogP contribution in [0.25, 0.3) is 17.8 Å². The third kappa shape index (κ3) is 5.21. The molecule has 35 heavy (non-hydrogen) atoms. The van der Waals surface area contributed by atoms with Crippen LogP contribution in [0.2, 0.25) is 5.02 Å². The number of piperidine rings is 1. The maximum Gasteiger partial charge on any atom is 0.257 e. The van der Waals surface area contributed by atoms with Crippen LogP contribution in [0, 0.1) is 13.8 Å². The maximum absolute atomic E-state index is 13.5. The van der Waals surface area contributed by atoms with Gasteiger partial charge in [0.25, 0.3) is 5.91 Å². The molecule has 2 aliphatic heterocycles. The average Bonchev–Trinajstić information content (AvgIpc) is 3.52. The number of nitrogens with zero attached hydrogens (tertiary/aromatic N) is 4. The van der Waals surface area contributed by atoms with E-state index in [0.717, 1.165) is 64.7 Å². The van der Waals surface area contributed by atoms with Gasteiger partial charge in [-0.05, 0) is 88.0 Å². The van der Waals surface area contributed by atoms with Gasteiger partial charge in [0.1, 0.15) is 0 Å². The average molecular weight is 489 g/mol. The smallest absolute Gasteiger partial charge is 0.257 e.